The van der Waals surface area contributed by atoms with Gasteiger partial charge in [0.05, 0.1) is 31.2 Å². The van der Waals surface area contributed by atoms with E-state index < -0.39 is 5.66 Å². The lowest BCUT2D eigenvalue weighted by atomic mass is 9.96. The third-order valence-corrected chi connectivity index (χ3v) is 6.28. The smallest absolute Gasteiger partial charge is 0.255 e. The van der Waals surface area contributed by atoms with E-state index in [2.05, 4.69) is 41.5 Å². The predicted molar refractivity (Wildman–Crippen MR) is 147 cm³/mol. The third kappa shape index (κ3) is 5.37. The monoisotopic (exact) mass is 522 g/mol. The molecule has 0 bridgehead atoms. The first-order chi connectivity index (χ1) is 19.0. The van der Waals surface area contributed by atoms with Crippen LogP contribution in [0.2, 0.25) is 0 Å². The molecule has 0 spiro atoms. The molecule has 39 heavy (non-hydrogen) atoms. The second-order valence-electron chi connectivity index (χ2n) is 9.12. The molecular weight excluding hydrogens is 496 g/mol. The normalized spacial score (nSPS) is 16.1. The Kier molecular flexibility index (Phi) is 6.29. The van der Waals surface area contributed by atoms with Gasteiger partial charge >= 0.3 is 0 Å². The topological polar surface area (TPSA) is 142 Å². The number of rotatable bonds is 9. The van der Waals surface area contributed by atoms with Crippen LogP contribution < -0.4 is 26.6 Å². The number of hydrogen-bond donors (Lipinski definition) is 5. The highest BCUT2D eigenvalue weighted by molar-refractivity contribution is 6.02. The zero-order valence-electron chi connectivity index (χ0n) is 21.1. The minimum atomic E-state index is -0.761. The van der Waals surface area contributed by atoms with E-state index in [1.165, 1.54) is 0 Å². The van der Waals surface area contributed by atoms with Gasteiger partial charge in [0.2, 0.25) is 17.8 Å². The molecule has 1 atom stereocenters. The second-order valence-corrected chi connectivity index (χ2v) is 9.12. The van der Waals surface area contributed by atoms with Crippen LogP contribution >= 0.6 is 0 Å². The number of aromatic nitrogens is 3. The summed E-state index contributed by atoms with van der Waals surface area (Å²) < 4.78 is 10.8. The van der Waals surface area contributed by atoms with Gasteiger partial charge in [-0.15, -0.1) is 0 Å². The summed E-state index contributed by atoms with van der Waals surface area (Å²) in [7, 11) is 0. The average molecular weight is 523 g/mol. The molecule has 0 aliphatic carbocycles. The van der Waals surface area contributed by atoms with E-state index in [1.807, 2.05) is 73.7 Å². The Morgan fingerprint density at radius 2 is 1.36 bits per heavy atom. The van der Waals surface area contributed by atoms with Crippen LogP contribution in [0.25, 0.3) is 0 Å². The van der Waals surface area contributed by atoms with Gasteiger partial charge in [-0.25, -0.2) is 0 Å². The fourth-order valence-corrected chi connectivity index (χ4v) is 4.29. The first-order valence-electron chi connectivity index (χ1n) is 12.4. The summed E-state index contributed by atoms with van der Waals surface area (Å²) >= 11 is 0. The summed E-state index contributed by atoms with van der Waals surface area (Å²) in [6.07, 6.45) is 3.23. The quantitative estimate of drug-likeness (QED) is 0.178. The van der Waals surface area contributed by atoms with E-state index in [9.17, 15) is 4.79 Å². The molecule has 6 rings (SSSR count). The Balaban J connectivity index is 1.20. The fraction of sp³-hybridized carbons (Fsp3) is 0.143. The van der Waals surface area contributed by atoms with Gasteiger partial charge in [-0.3, -0.25) is 4.79 Å². The molecule has 0 saturated heterocycles. The van der Waals surface area contributed by atoms with Crippen molar-refractivity contribution in [3.8, 4) is 0 Å². The standard InChI is InChI=1S/C28H26N8O3/c1-28(35-23-9-3-2-8-22(23)24(37)36-28)18-10-12-19(13-11-18)31-27-33-25(29-16-20-6-4-14-38-20)32-26(34-27)30-17-21-7-5-15-39-21/h2-15,35H,16-17H2,1H3,(H,36,37)(H3,29,30,31,32,33,34). The minimum absolute atomic E-state index is 0.122. The molecule has 1 amide bonds. The highest BCUT2D eigenvalue weighted by atomic mass is 16.3. The van der Waals surface area contributed by atoms with Gasteiger partial charge < -0.3 is 35.4 Å². The molecule has 1 aliphatic rings. The number of nitrogens with zero attached hydrogens (tertiary/aromatic N) is 3. The van der Waals surface area contributed by atoms with Crippen molar-refractivity contribution in [1.29, 1.82) is 0 Å². The van der Waals surface area contributed by atoms with E-state index in [-0.39, 0.29) is 5.91 Å². The number of anilines is 5. The van der Waals surface area contributed by atoms with E-state index in [4.69, 9.17) is 8.83 Å². The molecule has 0 radical (unpaired) electrons. The van der Waals surface area contributed by atoms with E-state index in [0.717, 1.165) is 28.5 Å². The Labute approximate surface area is 224 Å². The minimum Gasteiger partial charge on any atom is -0.467 e. The summed E-state index contributed by atoms with van der Waals surface area (Å²) in [5.41, 5.74) is 2.32. The number of nitrogens with one attached hydrogen (secondary N) is 5. The molecule has 0 saturated carbocycles. The van der Waals surface area contributed by atoms with Gasteiger partial charge in [0, 0.05) is 11.4 Å². The van der Waals surface area contributed by atoms with Crippen molar-refractivity contribution >= 4 is 35.1 Å². The molecule has 11 heteroatoms. The van der Waals surface area contributed by atoms with Gasteiger partial charge in [0.25, 0.3) is 5.91 Å². The first-order valence-corrected chi connectivity index (χ1v) is 12.4. The van der Waals surface area contributed by atoms with Gasteiger partial charge in [-0.1, -0.05) is 24.3 Å². The van der Waals surface area contributed by atoms with Crippen LogP contribution in [-0.2, 0) is 18.8 Å². The molecule has 3 aromatic heterocycles. The number of fused-ring (bicyclic) bond motifs is 1. The van der Waals surface area contributed by atoms with Gasteiger partial charge in [-0.05, 0) is 61.0 Å². The lowest BCUT2D eigenvalue weighted by Crippen LogP contribution is -2.52. The summed E-state index contributed by atoms with van der Waals surface area (Å²) in [4.78, 5) is 26.2. The number of amides is 1. The van der Waals surface area contributed by atoms with Crippen molar-refractivity contribution in [3.05, 3.63) is 108 Å². The second kappa shape index (κ2) is 10.2. The summed E-state index contributed by atoms with van der Waals surface area (Å²) in [5, 5.41) is 16.1. The van der Waals surface area contributed by atoms with Crippen LogP contribution in [0.3, 0.4) is 0 Å². The summed E-state index contributed by atoms with van der Waals surface area (Å²) in [6, 6.07) is 22.5. The molecule has 1 unspecified atom stereocenters. The number of furan rings is 2. The Morgan fingerprint density at radius 1 is 0.744 bits per heavy atom. The highest BCUT2D eigenvalue weighted by Gasteiger charge is 2.34. The molecule has 11 nitrogen and oxygen atoms in total. The van der Waals surface area contributed by atoms with Crippen molar-refractivity contribution in [3.63, 3.8) is 0 Å². The van der Waals surface area contributed by atoms with Gasteiger partial charge in [0.1, 0.15) is 17.2 Å². The van der Waals surface area contributed by atoms with Crippen molar-refractivity contribution in [2.45, 2.75) is 25.7 Å². The molecule has 0 fully saturated rings. The molecule has 1 aliphatic heterocycles. The lowest BCUT2D eigenvalue weighted by molar-refractivity contribution is 0.0906. The molecule has 196 valence electrons. The highest BCUT2D eigenvalue weighted by Crippen LogP contribution is 2.31. The maximum absolute atomic E-state index is 12.7. The zero-order valence-corrected chi connectivity index (χ0v) is 21.1. The van der Waals surface area contributed by atoms with Crippen LogP contribution in [0, 0.1) is 0 Å². The van der Waals surface area contributed by atoms with Crippen molar-refractivity contribution in [2.75, 3.05) is 21.3 Å². The number of hydrogen-bond acceptors (Lipinski definition) is 10. The van der Waals surface area contributed by atoms with Crippen LogP contribution in [-0.4, -0.2) is 20.9 Å². The maximum atomic E-state index is 12.7. The third-order valence-electron chi connectivity index (χ3n) is 6.28. The average Bonchev–Trinajstić information content (AvgIpc) is 3.66. The maximum Gasteiger partial charge on any atom is 0.255 e. The first kappa shape index (κ1) is 24.0. The summed E-state index contributed by atoms with van der Waals surface area (Å²) in [6.45, 7) is 2.77. The predicted octanol–water partition coefficient (Wildman–Crippen LogP) is 5.05. The number of para-hydroxylation sites is 1. The molecule has 2 aromatic carbocycles. The Morgan fingerprint density at radius 3 is 1.97 bits per heavy atom. The van der Waals surface area contributed by atoms with Crippen molar-refractivity contribution < 1.29 is 13.6 Å². The van der Waals surface area contributed by atoms with E-state index in [1.54, 1.807) is 18.6 Å². The Hall–Kier alpha value is -5.32. The van der Waals surface area contributed by atoms with Crippen LogP contribution in [0.5, 0.6) is 0 Å². The number of carbonyl (C=O) groups is 1. The SMILES string of the molecule is CC1(c2ccc(Nc3nc(NCc4ccco4)nc(NCc4ccco4)n3)cc2)NC(=O)c2ccccc2N1. The Bertz CT molecular complexity index is 1510. The van der Waals surface area contributed by atoms with Crippen molar-refractivity contribution in [2.24, 2.45) is 0 Å². The molecular formula is C28H26N8O3. The van der Waals surface area contributed by atoms with Gasteiger partial charge in [0.15, 0.2) is 0 Å². The van der Waals surface area contributed by atoms with Crippen LogP contribution in [0.1, 0.15) is 34.4 Å². The largest absolute Gasteiger partial charge is 0.467 e. The summed E-state index contributed by atoms with van der Waals surface area (Å²) in [5.74, 6) is 2.50. The fourth-order valence-electron chi connectivity index (χ4n) is 4.29. The molecule has 5 N–H and O–H groups in total. The number of benzene rings is 2. The lowest BCUT2D eigenvalue weighted by Gasteiger charge is -2.38. The van der Waals surface area contributed by atoms with Crippen molar-refractivity contribution in [1.82, 2.24) is 20.3 Å². The molecule has 4 heterocycles. The van der Waals surface area contributed by atoms with E-state index >= 15 is 0 Å². The molecule has 5 aromatic rings. The van der Waals surface area contributed by atoms with E-state index in [0.29, 0.717) is 36.5 Å². The van der Waals surface area contributed by atoms with Crippen LogP contribution in [0.15, 0.2) is 94.2 Å². The van der Waals surface area contributed by atoms with Crippen LogP contribution in [0.4, 0.5) is 29.2 Å². The van der Waals surface area contributed by atoms with Gasteiger partial charge in [-0.2, -0.15) is 15.0 Å². The number of carbonyl (C=O) groups excluding carboxylic acids is 1. The zero-order chi connectivity index (χ0) is 26.7.